The average Bonchev–Trinajstić information content (AvgIpc) is 3.01. The number of fused-ring (bicyclic) bond motifs is 2. The zero-order chi connectivity index (χ0) is 16.4. The van der Waals surface area contributed by atoms with Gasteiger partial charge in [-0.05, 0) is 25.8 Å². The van der Waals surface area contributed by atoms with Crippen LogP contribution in [0.25, 0.3) is 21.9 Å². The summed E-state index contributed by atoms with van der Waals surface area (Å²) in [6.07, 6.45) is 0.573. The van der Waals surface area contributed by atoms with E-state index in [4.69, 9.17) is 16.6 Å². The summed E-state index contributed by atoms with van der Waals surface area (Å²) in [6.45, 7) is 3.88. The van der Waals surface area contributed by atoms with Crippen LogP contribution in [-0.2, 0) is 9.84 Å². The fourth-order valence-electron chi connectivity index (χ4n) is 3.35. The Balaban J connectivity index is 2.04. The summed E-state index contributed by atoms with van der Waals surface area (Å²) >= 11 is 6.62. The lowest BCUT2D eigenvalue weighted by molar-refractivity contribution is 0.509. The van der Waals surface area contributed by atoms with Gasteiger partial charge < -0.3 is 0 Å². The van der Waals surface area contributed by atoms with Crippen molar-refractivity contribution >= 4 is 43.4 Å². The fraction of sp³-hybridized carbons (Fsp3) is 0.375. The van der Waals surface area contributed by atoms with Crippen molar-refractivity contribution in [1.29, 1.82) is 0 Å². The van der Waals surface area contributed by atoms with Crippen LogP contribution < -0.4 is 0 Å². The summed E-state index contributed by atoms with van der Waals surface area (Å²) in [6, 6.07) is 5.74. The Morgan fingerprint density at radius 2 is 2.09 bits per heavy atom. The van der Waals surface area contributed by atoms with Crippen LogP contribution in [0, 0.1) is 13.8 Å². The number of aryl methyl sites for hydroxylation is 2. The number of halogens is 1. The third-order valence-corrected chi connectivity index (χ3v) is 6.67. The third-order valence-electron chi connectivity index (χ3n) is 4.53. The molecule has 1 aliphatic rings. The number of hydrogen-bond acceptors (Lipinski definition) is 4. The van der Waals surface area contributed by atoms with Gasteiger partial charge in [0.05, 0.1) is 39.2 Å². The zero-order valence-electron chi connectivity index (χ0n) is 12.9. The SMILES string of the molecule is Cc1cccc2c(Cl)c3c(C)nn(C4CCS(=O)(=O)C4)c3nc12. The Morgan fingerprint density at radius 1 is 1.30 bits per heavy atom. The second-order valence-corrected chi connectivity index (χ2v) is 8.79. The van der Waals surface area contributed by atoms with E-state index in [2.05, 4.69) is 5.10 Å². The van der Waals surface area contributed by atoms with Crippen LogP contribution in [-0.4, -0.2) is 34.7 Å². The molecule has 3 heterocycles. The molecular formula is C16H16ClN3O2S. The van der Waals surface area contributed by atoms with Gasteiger partial charge in [-0.1, -0.05) is 29.8 Å². The Labute approximate surface area is 139 Å². The number of sulfone groups is 1. The number of rotatable bonds is 1. The monoisotopic (exact) mass is 349 g/mol. The summed E-state index contributed by atoms with van der Waals surface area (Å²) in [5.74, 6) is 0.326. The van der Waals surface area contributed by atoms with E-state index < -0.39 is 9.84 Å². The molecule has 0 spiro atoms. The van der Waals surface area contributed by atoms with E-state index in [0.29, 0.717) is 17.1 Å². The van der Waals surface area contributed by atoms with E-state index in [-0.39, 0.29) is 17.5 Å². The summed E-state index contributed by atoms with van der Waals surface area (Å²) in [4.78, 5) is 4.77. The zero-order valence-corrected chi connectivity index (χ0v) is 14.4. The van der Waals surface area contributed by atoms with Gasteiger partial charge in [0, 0.05) is 5.39 Å². The van der Waals surface area contributed by atoms with Crippen LogP contribution in [0.5, 0.6) is 0 Å². The first kappa shape index (κ1) is 14.9. The molecule has 0 bridgehead atoms. The van der Waals surface area contributed by atoms with Crippen molar-refractivity contribution < 1.29 is 8.42 Å². The van der Waals surface area contributed by atoms with E-state index in [1.54, 1.807) is 4.68 Å². The lowest BCUT2D eigenvalue weighted by atomic mass is 10.1. The molecule has 4 rings (SSSR count). The second-order valence-electron chi connectivity index (χ2n) is 6.18. The first-order valence-corrected chi connectivity index (χ1v) is 9.71. The topological polar surface area (TPSA) is 64.8 Å². The Kier molecular flexibility index (Phi) is 3.19. The Hall–Kier alpha value is -1.66. The van der Waals surface area contributed by atoms with Gasteiger partial charge >= 0.3 is 0 Å². The fourth-order valence-corrected chi connectivity index (χ4v) is 5.41. The lowest BCUT2D eigenvalue weighted by Crippen LogP contribution is -2.13. The van der Waals surface area contributed by atoms with Gasteiger partial charge in [0.25, 0.3) is 0 Å². The lowest BCUT2D eigenvalue weighted by Gasteiger charge is -2.11. The van der Waals surface area contributed by atoms with Gasteiger partial charge in [0.2, 0.25) is 0 Å². The van der Waals surface area contributed by atoms with Gasteiger partial charge in [-0.25, -0.2) is 18.1 Å². The molecule has 0 aliphatic carbocycles. The maximum Gasteiger partial charge on any atom is 0.160 e. The summed E-state index contributed by atoms with van der Waals surface area (Å²) in [7, 11) is -2.99. The van der Waals surface area contributed by atoms with E-state index in [1.165, 1.54) is 0 Å². The molecule has 1 atom stereocenters. The number of nitrogens with zero attached hydrogens (tertiary/aromatic N) is 3. The van der Waals surface area contributed by atoms with Crippen molar-refractivity contribution in [3.8, 4) is 0 Å². The van der Waals surface area contributed by atoms with Crippen molar-refractivity contribution in [2.75, 3.05) is 11.5 Å². The predicted octanol–water partition coefficient (Wildman–Crippen LogP) is 3.21. The molecule has 1 aliphatic heterocycles. The van der Waals surface area contributed by atoms with Gasteiger partial charge in [-0.15, -0.1) is 0 Å². The number of pyridine rings is 1. The van der Waals surface area contributed by atoms with Crippen molar-refractivity contribution in [2.45, 2.75) is 26.3 Å². The van der Waals surface area contributed by atoms with E-state index in [9.17, 15) is 8.42 Å². The van der Waals surface area contributed by atoms with Crippen molar-refractivity contribution in [3.63, 3.8) is 0 Å². The molecule has 1 saturated heterocycles. The van der Waals surface area contributed by atoms with Crippen molar-refractivity contribution in [1.82, 2.24) is 14.8 Å². The van der Waals surface area contributed by atoms with Gasteiger partial charge in [-0.3, -0.25) is 0 Å². The molecule has 1 unspecified atom stereocenters. The Bertz CT molecular complexity index is 1060. The van der Waals surface area contributed by atoms with Crippen LogP contribution in [0.3, 0.4) is 0 Å². The highest BCUT2D eigenvalue weighted by Crippen LogP contribution is 2.36. The van der Waals surface area contributed by atoms with Crippen LogP contribution in [0.4, 0.5) is 0 Å². The molecule has 120 valence electrons. The highest BCUT2D eigenvalue weighted by atomic mass is 35.5. The number of para-hydroxylation sites is 1. The quantitative estimate of drug-likeness (QED) is 0.676. The van der Waals surface area contributed by atoms with Gasteiger partial charge in [0.15, 0.2) is 15.5 Å². The van der Waals surface area contributed by atoms with Crippen LogP contribution in [0.2, 0.25) is 5.02 Å². The molecule has 5 nitrogen and oxygen atoms in total. The van der Waals surface area contributed by atoms with E-state index >= 15 is 0 Å². The van der Waals surface area contributed by atoms with E-state index in [1.807, 2.05) is 32.0 Å². The minimum absolute atomic E-state index is 0.119. The first-order chi connectivity index (χ1) is 10.9. The first-order valence-electron chi connectivity index (χ1n) is 7.51. The van der Waals surface area contributed by atoms with Crippen molar-refractivity contribution in [2.24, 2.45) is 0 Å². The number of benzene rings is 1. The molecular weight excluding hydrogens is 334 g/mol. The molecule has 3 aromatic rings. The molecule has 23 heavy (non-hydrogen) atoms. The molecule has 0 saturated carbocycles. The second kappa shape index (κ2) is 4.92. The smallest absolute Gasteiger partial charge is 0.160 e. The van der Waals surface area contributed by atoms with Crippen LogP contribution >= 0.6 is 11.6 Å². The predicted molar refractivity (Wildman–Crippen MR) is 91.8 cm³/mol. The van der Waals surface area contributed by atoms with Crippen LogP contribution in [0.15, 0.2) is 18.2 Å². The molecule has 0 N–H and O–H groups in total. The number of hydrogen-bond donors (Lipinski definition) is 0. The maximum atomic E-state index is 11.8. The minimum Gasteiger partial charge on any atom is -0.243 e. The third kappa shape index (κ3) is 2.23. The number of aromatic nitrogens is 3. The average molecular weight is 350 g/mol. The van der Waals surface area contributed by atoms with Gasteiger partial charge in [-0.2, -0.15) is 5.10 Å². The standard InChI is InChI=1S/C16H16ClN3O2S/c1-9-4-3-5-12-14(17)13-10(2)19-20(16(13)18-15(9)12)11-6-7-23(21,22)8-11/h3-5,11H,6-8H2,1-2H3. The highest BCUT2D eigenvalue weighted by molar-refractivity contribution is 7.91. The highest BCUT2D eigenvalue weighted by Gasteiger charge is 2.32. The summed E-state index contributed by atoms with van der Waals surface area (Å²) in [5.41, 5.74) is 3.34. The van der Waals surface area contributed by atoms with E-state index in [0.717, 1.165) is 27.5 Å². The minimum atomic E-state index is -2.99. The normalized spacial score (nSPS) is 20.6. The summed E-state index contributed by atoms with van der Waals surface area (Å²) in [5, 5.41) is 6.91. The maximum absolute atomic E-state index is 11.8. The largest absolute Gasteiger partial charge is 0.243 e. The van der Waals surface area contributed by atoms with Gasteiger partial charge in [0.1, 0.15) is 0 Å². The van der Waals surface area contributed by atoms with Crippen LogP contribution in [0.1, 0.15) is 23.7 Å². The molecule has 0 amide bonds. The molecule has 0 radical (unpaired) electrons. The molecule has 1 fully saturated rings. The molecule has 2 aromatic heterocycles. The Morgan fingerprint density at radius 3 is 2.78 bits per heavy atom. The van der Waals surface area contributed by atoms with Crippen molar-refractivity contribution in [3.05, 3.63) is 34.5 Å². The summed E-state index contributed by atoms with van der Waals surface area (Å²) < 4.78 is 25.4. The molecule has 1 aromatic carbocycles. The molecule has 7 heteroatoms.